The van der Waals surface area contributed by atoms with Gasteiger partial charge in [-0.25, -0.2) is 4.98 Å². The summed E-state index contributed by atoms with van der Waals surface area (Å²) in [6.45, 7) is 3.78. The minimum absolute atomic E-state index is 0.102. The van der Waals surface area contributed by atoms with Crippen LogP contribution in [0.5, 0.6) is 0 Å². The summed E-state index contributed by atoms with van der Waals surface area (Å²) in [7, 11) is 0. The number of aromatic nitrogens is 1. The Hall–Kier alpha value is -4.41. The maximum Gasteiger partial charge on any atom is 0.272 e. The monoisotopic (exact) mass is 686 g/mol. The summed E-state index contributed by atoms with van der Waals surface area (Å²) >= 11 is 15.0. The first-order valence-electron chi connectivity index (χ1n) is 14.1. The first kappa shape index (κ1) is 33.0. The summed E-state index contributed by atoms with van der Waals surface area (Å²) < 4.78 is 0. The zero-order valence-corrected chi connectivity index (χ0v) is 27.9. The number of nitrogens with one attached hydrogen (secondary N) is 3. The van der Waals surface area contributed by atoms with E-state index in [4.69, 9.17) is 23.2 Å². The second kappa shape index (κ2) is 15.2. The molecule has 0 aliphatic rings. The molecule has 1 heterocycles. The van der Waals surface area contributed by atoms with E-state index in [1.165, 1.54) is 23.1 Å². The van der Waals surface area contributed by atoms with Crippen LogP contribution in [0.4, 0.5) is 10.8 Å². The Morgan fingerprint density at radius 1 is 0.891 bits per heavy atom. The number of hydrogen-bond acceptors (Lipinski definition) is 6. The van der Waals surface area contributed by atoms with Crippen LogP contribution in [-0.4, -0.2) is 28.0 Å². The molecule has 0 radical (unpaired) electrons. The number of amides is 3. The number of thioether (sulfide) groups is 1. The van der Waals surface area contributed by atoms with Crippen LogP contribution in [0.25, 0.3) is 17.3 Å². The molecule has 3 N–H and O–H groups in total. The standard InChI is InChI=1S/C35H28Cl2N4O3S2/c1-21-8-10-23(11-9-21)18-30(39-33(43)24-6-4-3-5-7-24)34(44)38-26-13-15-27(16-14-26)46-22(2)32(42)41-35-40-31(20-45-35)28-17-12-25(36)19-29(28)37/h3-20,22H,1-2H3,(H,38,44)(H,39,43)(H,40,41,42)/b30-18-. The van der Waals surface area contributed by atoms with E-state index in [1.807, 2.05) is 54.8 Å². The van der Waals surface area contributed by atoms with E-state index in [0.29, 0.717) is 32.1 Å². The number of carbonyl (C=O) groups is 3. The first-order chi connectivity index (χ1) is 22.1. The molecule has 7 nitrogen and oxygen atoms in total. The van der Waals surface area contributed by atoms with Crippen LogP contribution in [0.1, 0.15) is 28.4 Å². The smallest absolute Gasteiger partial charge is 0.272 e. The molecule has 11 heteroatoms. The number of carbonyl (C=O) groups excluding carboxylic acids is 3. The number of thiazole rings is 1. The summed E-state index contributed by atoms with van der Waals surface area (Å²) in [6, 6.07) is 28.6. The molecule has 1 unspecified atom stereocenters. The summed E-state index contributed by atoms with van der Waals surface area (Å²) in [4.78, 5) is 44.5. The van der Waals surface area contributed by atoms with E-state index >= 15 is 0 Å². The molecule has 232 valence electrons. The molecule has 3 amide bonds. The predicted molar refractivity (Wildman–Crippen MR) is 190 cm³/mol. The van der Waals surface area contributed by atoms with Gasteiger partial charge in [0.05, 0.1) is 16.0 Å². The van der Waals surface area contributed by atoms with Gasteiger partial charge in [0.1, 0.15) is 5.70 Å². The third kappa shape index (κ3) is 8.86. The van der Waals surface area contributed by atoms with Crippen LogP contribution in [-0.2, 0) is 9.59 Å². The fourth-order valence-electron chi connectivity index (χ4n) is 4.20. The van der Waals surface area contributed by atoms with Crippen LogP contribution >= 0.6 is 46.3 Å². The van der Waals surface area contributed by atoms with Crippen LogP contribution in [0.3, 0.4) is 0 Å². The number of hydrogen-bond donors (Lipinski definition) is 3. The Balaban J connectivity index is 1.21. The molecule has 0 spiro atoms. The highest BCUT2D eigenvalue weighted by Crippen LogP contribution is 2.33. The minimum Gasteiger partial charge on any atom is -0.321 e. The van der Waals surface area contributed by atoms with Crippen molar-refractivity contribution in [3.8, 4) is 11.3 Å². The van der Waals surface area contributed by atoms with E-state index in [9.17, 15) is 14.4 Å². The second-order valence-corrected chi connectivity index (χ2v) is 13.3. The van der Waals surface area contributed by atoms with Gasteiger partial charge in [-0.3, -0.25) is 14.4 Å². The van der Waals surface area contributed by atoms with E-state index in [1.54, 1.807) is 67.6 Å². The van der Waals surface area contributed by atoms with Crippen molar-refractivity contribution >= 4 is 80.9 Å². The summed E-state index contributed by atoms with van der Waals surface area (Å²) in [5, 5.41) is 11.3. The summed E-state index contributed by atoms with van der Waals surface area (Å²) in [5.74, 6) is -1.07. The Labute approximate surface area is 285 Å². The number of benzene rings is 4. The Bertz CT molecular complexity index is 1890. The Kier molecular flexibility index (Phi) is 10.9. The Morgan fingerprint density at radius 3 is 2.30 bits per heavy atom. The molecule has 0 fully saturated rings. The lowest BCUT2D eigenvalue weighted by Gasteiger charge is -2.13. The van der Waals surface area contributed by atoms with E-state index in [2.05, 4.69) is 20.9 Å². The van der Waals surface area contributed by atoms with Crippen LogP contribution in [0, 0.1) is 6.92 Å². The number of halogens is 2. The third-order valence-corrected chi connectivity index (χ3v) is 9.07. The lowest BCUT2D eigenvalue weighted by atomic mass is 10.1. The Morgan fingerprint density at radius 2 is 1.61 bits per heavy atom. The van der Waals surface area contributed by atoms with Crippen LogP contribution < -0.4 is 16.0 Å². The molecule has 0 bridgehead atoms. The van der Waals surface area contributed by atoms with Gasteiger partial charge >= 0.3 is 0 Å². The van der Waals surface area contributed by atoms with Crippen LogP contribution in [0.2, 0.25) is 10.0 Å². The van der Waals surface area contributed by atoms with Gasteiger partial charge in [-0.2, -0.15) is 0 Å². The maximum absolute atomic E-state index is 13.3. The van der Waals surface area contributed by atoms with Gasteiger partial charge < -0.3 is 16.0 Å². The molecule has 1 aromatic heterocycles. The van der Waals surface area contributed by atoms with E-state index in [-0.39, 0.29) is 11.6 Å². The van der Waals surface area contributed by atoms with Crippen molar-refractivity contribution in [2.24, 2.45) is 0 Å². The number of anilines is 2. The highest BCUT2D eigenvalue weighted by molar-refractivity contribution is 8.00. The third-order valence-electron chi connectivity index (χ3n) is 6.65. The van der Waals surface area contributed by atoms with Gasteiger partial charge in [-0.05, 0) is 80.1 Å². The number of aryl methyl sites for hydroxylation is 1. The minimum atomic E-state index is -0.472. The molecule has 5 aromatic rings. The maximum atomic E-state index is 13.3. The molecule has 4 aromatic carbocycles. The van der Waals surface area contributed by atoms with Crippen molar-refractivity contribution in [1.82, 2.24) is 10.3 Å². The topological polar surface area (TPSA) is 100 Å². The quantitative estimate of drug-likeness (QED) is 0.101. The van der Waals surface area contributed by atoms with Crippen molar-refractivity contribution < 1.29 is 14.4 Å². The van der Waals surface area contributed by atoms with Crippen molar-refractivity contribution in [3.05, 3.63) is 135 Å². The summed E-state index contributed by atoms with van der Waals surface area (Å²) in [6.07, 6.45) is 1.63. The van der Waals surface area contributed by atoms with Gasteiger partial charge in [-0.1, -0.05) is 71.2 Å². The predicted octanol–water partition coefficient (Wildman–Crippen LogP) is 8.95. The molecular formula is C35H28Cl2N4O3S2. The highest BCUT2D eigenvalue weighted by Gasteiger charge is 2.18. The molecule has 5 rings (SSSR count). The zero-order chi connectivity index (χ0) is 32.6. The molecular weight excluding hydrogens is 659 g/mol. The first-order valence-corrected chi connectivity index (χ1v) is 16.6. The van der Waals surface area contributed by atoms with Gasteiger partial charge in [0.25, 0.3) is 11.8 Å². The largest absolute Gasteiger partial charge is 0.321 e. The highest BCUT2D eigenvalue weighted by atomic mass is 35.5. The van der Waals surface area contributed by atoms with Crippen LogP contribution in [0.15, 0.2) is 113 Å². The average Bonchev–Trinajstić information content (AvgIpc) is 3.51. The van der Waals surface area contributed by atoms with Crippen molar-refractivity contribution in [2.45, 2.75) is 24.0 Å². The van der Waals surface area contributed by atoms with Crippen molar-refractivity contribution in [1.29, 1.82) is 0 Å². The molecule has 46 heavy (non-hydrogen) atoms. The molecule has 0 saturated carbocycles. The van der Waals surface area contributed by atoms with Gasteiger partial charge in [-0.15, -0.1) is 23.1 Å². The normalized spacial score (nSPS) is 11.9. The fraction of sp³-hybridized carbons (Fsp3) is 0.0857. The number of nitrogens with zero attached hydrogens (tertiary/aromatic N) is 1. The number of rotatable bonds is 10. The summed E-state index contributed by atoms with van der Waals surface area (Å²) in [5.41, 5.74) is 4.30. The average molecular weight is 688 g/mol. The van der Waals surface area contributed by atoms with E-state index in [0.717, 1.165) is 21.6 Å². The fourth-order valence-corrected chi connectivity index (χ4v) is 6.29. The zero-order valence-electron chi connectivity index (χ0n) is 24.7. The van der Waals surface area contributed by atoms with Gasteiger partial charge in [0, 0.05) is 32.1 Å². The molecule has 0 aliphatic heterocycles. The van der Waals surface area contributed by atoms with Gasteiger partial charge in [0.2, 0.25) is 5.91 Å². The molecule has 1 atom stereocenters. The lowest BCUT2D eigenvalue weighted by Crippen LogP contribution is -2.30. The van der Waals surface area contributed by atoms with E-state index < -0.39 is 17.1 Å². The van der Waals surface area contributed by atoms with Crippen molar-refractivity contribution in [3.63, 3.8) is 0 Å². The van der Waals surface area contributed by atoms with Crippen molar-refractivity contribution in [2.75, 3.05) is 10.6 Å². The van der Waals surface area contributed by atoms with Gasteiger partial charge in [0.15, 0.2) is 5.13 Å². The molecule has 0 saturated heterocycles. The SMILES string of the molecule is Cc1ccc(/C=C(\NC(=O)c2ccccc2)C(=O)Nc2ccc(SC(C)C(=O)Nc3nc(-c4ccc(Cl)cc4Cl)cs3)cc2)cc1. The molecule has 0 aliphatic carbocycles. The second-order valence-electron chi connectivity index (χ2n) is 10.2. The lowest BCUT2D eigenvalue weighted by molar-refractivity contribution is -0.115.